The van der Waals surface area contributed by atoms with Crippen molar-refractivity contribution in [2.24, 2.45) is 0 Å². The highest BCUT2D eigenvalue weighted by Gasteiger charge is 2.19. The highest BCUT2D eigenvalue weighted by Crippen LogP contribution is 2.22. The Hall–Kier alpha value is -1.66. The smallest absolute Gasteiger partial charge is 0.307 e. The molecule has 2 rings (SSSR count). The maximum atomic E-state index is 12.2. The van der Waals surface area contributed by atoms with Gasteiger partial charge < -0.3 is 10.1 Å². The highest BCUT2D eigenvalue weighted by molar-refractivity contribution is 9.10. The van der Waals surface area contributed by atoms with E-state index in [1.807, 2.05) is 41.8 Å². The number of aryl methyl sites for hydroxylation is 1. The molecule has 23 heavy (non-hydrogen) atoms. The van der Waals surface area contributed by atoms with Gasteiger partial charge in [-0.25, -0.2) is 0 Å². The summed E-state index contributed by atoms with van der Waals surface area (Å²) in [6.07, 6.45) is 1.17. The minimum Gasteiger partial charge on any atom is -0.469 e. The number of thiophene rings is 1. The fraction of sp³-hybridized carbons (Fsp3) is 0.294. The van der Waals surface area contributed by atoms with Crippen LogP contribution in [0.5, 0.6) is 0 Å². The van der Waals surface area contributed by atoms with Gasteiger partial charge in [0.25, 0.3) is 0 Å². The van der Waals surface area contributed by atoms with Gasteiger partial charge >= 0.3 is 5.97 Å². The number of methoxy groups -OCH3 is 1. The number of benzene rings is 1. The van der Waals surface area contributed by atoms with E-state index in [0.717, 1.165) is 14.9 Å². The Morgan fingerprint density at radius 1 is 1.30 bits per heavy atom. The van der Waals surface area contributed by atoms with Gasteiger partial charge in [0, 0.05) is 15.8 Å². The van der Waals surface area contributed by atoms with Gasteiger partial charge in [-0.15, -0.1) is 11.3 Å². The summed E-state index contributed by atoms with van der Waals surface area (Å²) in [5, 5.41) is 4.85. The summed E-state index contributed by atoms with van der Waals surface area (Å²) in [5.41, 5.74) is 1.09. The molecule has 0 aliphatic heterocycles. The summed E-state index contributed by atoms with van der Waals surface area (Å²) in [6, 6.07) is 11.4. The van der Waals surface area contributed by atoms with Crippen molar-refractivity contribution in [3.63, 3.8) is 0 Å². The molecule has 0 radical (unpaired) electrons. The average Bonchev–Trinajstić information content (AvgIpc) is 3.06. The van der Waals surface area contributed by atoms with E-state index < -0.39 is 0 Å². The molecule has 4 nitrogen and oxygen atoms in total. The number of amides is 1. The lowest BCUT2D eigenvalue weighted by atomic mass is 10.1. The van der Waals surface area contributed by atoms with Crippen molar-refractivity contribution in [3.05, 3.63) is 56.7 Å². The lowest BCUT2D eigenvalue weighted by Gasteiger charge is -2.16. The first-order chi connectivity index (χ1) is 11.1. The quantitative estimate of drug-likeness (QED) is 0.723. The van der Waals surface area contributed by atoms with E-state index in [2.05, 4.69) is 21.2 Å². The number of carbonyl (C=O) groups excluding carboxylic acids is 2. The summed E-state index contributed by atoms with van der Waals surface area (Å²) in [7, 11) is 1.35. The number of nitrogens with one attached hydrogen (secondary N) is 1. The number of hydrogen-bond donors (Lipinski definition) is 1. The molecule has 2 aromatic rings. The van der Waals surface area contributed by atoms with Crippen molar-refractivity contribution < 1.29 is 14.3 Å². The third-order valence-electron chi connectivity index (χ3n) is 3.35. The first-order valence-electron chi connectivity index (χ1n) is 7.22. The molecule has 0 aliphatic rings. The van der Waals surface area contributed by atoms with Crippen molar-refractivity contribution in [1.82, 2.24) is 5.32 Å². The largest absolute Gasteiger partial charge is 0.469 e. The molecule has 0 spiro atoms. The van der Waals surface area contributed by atoms with Crippen molar-refractivity contribution in [2.75, 3.05) is 7.11 Å². The summed E-state index contributed by atoms with van der Waals surface area (Å²) in [5.74, 6) is -0.414. The van der Waals surface area contributed by atoms with E-state index in [4.69, 9.17) is 4.74 Å². The van der Waals surface area contributed by atoms with Gasteiger partial charge in [-0.3, -0.25) is 9.59 Å². The summed E-state index contributed by atoms with van der Waals surface area (Å²) >= 11 is 4.93. The molecule has 1 N–H and O–H groups in total. The van der Waals surface area contributed by atoms with Gasteiger partial charge in [0.1, 0.15) is 0 Å². The van der Waals surface area contributed by atoms with E-state index in [-0.39, 0.29) is 24.3 Å². The molecule has 122 valence electrons. The van der Waals surface area contributed by atoms with Crippen molar-refractivity contribution >= 4 is 39.1 Å². The third-order valence-corrected chi connectivity index (χ3v) is 4.83. The van der Waals surface area contributed by atoms with Gasteiger partial charge in [0.2, 0.25) is 5.91 Å². The number of ether oxygens (including phenoxy) is 1. The van der Waals surface area contributed by atoms with Crippen molar-refractivity contribution in [1.29, 1.82) is 0 Å². The Balaban J connectivity index is 1.93. The Labute approximate surface area is 148 Å². The van der Waals surface area contributed by atoms with Gasteiger partial charge in [-0.1, -0.05) is 34.1 Å². The summed E-state index contributed by atoms with van der Waals surface area (Å²) < 4.78 is 5.71. The van der Waals surface area contributed by atoms with Crippen molar-refractivity contribution in [2.45, 2.75) is 25.3 Å². The fourth-order valence-corrected chi connectivity index (χ4v) is 3.40. The van der Waals surface area contributed by atoms with Crippen LogP contribution in [0, 0.1) is 0 Å². The minimum atomic E-state index is -0.337. The fourth-order valence-electron chi connectivity index (χ4n) is 2.18. The van der Waals surface area contributed by atoms with Gasteiger partial charge in [-0.05, 0) is 35.6 Å². The number of carbonyl (C=O) groups is 2. The molecule has 1 amide bonds. The molecule has 1 aromatic heterocycles. The maximum absolute atomic E-state index is 12.2. The zero-order chi connectivity index (χ0) is 16.7. The summed E-state index contributed by atoms with van der Waals surface area (Å²) in [4.78, 5) is 24.7. The topological polar surface area (TPSA) is 55.4 Å². The van der Waals surface area contributed by atoms with Crippen LogP contribution >= 0.6 is 27.3 Å². The molecule has 1 aromatic carbocycles. The average molecular weight is 396 g/mol. The zero-order valence-electron chi connectivity index (χ0n) is 12.8. The third kappa shape index (κ3) is 5.80. The van der Waals surface area contributed by atoms with Crippen LogP contribution in [0.3, 0.4) is 0 Å². The normalized spacial score (nSPS) is 11.7. The van der Waals surface area contributed by atoms with Gasteiger partial charge in [0.15, 0.2) is 0 Å². The van der Waals surface area contributed by atoms with Crippen LogP contribution < -0.4 is 5.32 Å². The lowest BCUT2D eigenvalue weighted by Crippen LogP contribution is -2.30. The van der Waals surface area contributed by atoms with Crippen LogP contribution in [-0.2, 0) is 20.7 Å². The predicted molar refractivity (Wildman–Crippen MR) is 94.3 cm³/mol. The molecule has 0 aliphatic carbocycles. The molecular formula is C17H18BrNO3S. The Morgan fingerprint density at radius 3 is 2.78 bits per heavy atom. The predicted octanol–water partition coefficient (Wildman–Crippen LogP) is 3.86. The molecular weight excluding hydrogens is 378 g/mol. The lowest BCUT2D eigenvalue weighted by molar-refractivity contribution is -0.141. The number of halogens is 1. The first kappa shape index (κ1) is 17.7. The van der Waals surface area contributed by atoms with Crippen LogP contribution in [-0.4, -0.2) is 19.0 Å². The minimum absolute atomic E-state index is 0.0766. The second-order valence-electron chi connectivity index (χ2n) is 5.05. The number of esters is 1. The first-order valence-corrected chi connectivity index (χ1v) is 8.90. The zero-order valence-corrected chi connectivity index (χ0v) is 15.2. The van der Waals surface area contributed by atoms with Crippen LogP contribution in [0.25, 0.3) is 0 Å². The van der Waals surface area contributed by atoms with E-state index in [9.17, 15) is 9.59 Å². The van der Waals surface area contributed by atoms with Crippen LogP contribution in [0.4, 0.5) is 0 Å². The molecule has 0 saturated carbocycles. The Bertz CT molecular complexity index is 658. The van der Waals surface area contributed by atoms with E-state index in [0.29, 0.717) is 12.8 Å². The Morgan fingerprint density at radius 2 is 2.13 bits per heavy atom. The van der Waals surface area contributed by atoms with E-state index >= 15 is 0 Å². The second kappa shape index (κ2) is 8.84. The molecule has 6 heteroatoms. The van der Waals surface area contributed by atoms with Crippen LogP contribution in [0.2, 0.25) is 0 Å². The second-order valence-corrected chi connectivity index (χ2v) is 6.94. The maximum Gasteiger partial charge on any atom is 0.307 e. The molecule has 0 bridgehead atoms. The monoisotopic (exact) mass is 395 g/mol. The van der Waals surface area contributed by atoms with Gasteiger partial charge in [-0.2, -0.15) is 0 Å². The van der Waals surface area contributed by atoms with E-state index in [1.54, 1.807) is 0 Å². The number of rotatable bonds is 7. The van der Waals surface area contributed by atoms with E-state index in [1.165, 1.54) is 18.4 Å². The molecule has 1 heterocycles. The number of hydrogen-bond acceptors (Lipinski definition) is 4. The van der Waals surface area contributed by atoms with Crippen LogP contribution in [0.1, 0.15) is 29.3 Å². The standard InChI is InChI=1S/C17H18BrNO3S/c1-22-17(21)11-14(15-6-3-9-23-15)19-16(20)8-7-12-4-2-5-13(18)10-12/h2-6,9-10,14H,7-8,11H2,1H3,(H,19,20). The molecule has 0 saturated heterocycles. The van der Waals surface area contributed by atoms with Gasteiger partial charge in [0.05, 0.1) is 19.6 Å². The molecule has 0 fully saturated rings. The van der Waals surface area contributed by atoms with Crippen LogP contribution in [0.15, 0.2) is 46.3 Å². The summed E-state index contributed by atoms with van der Waals surface area (Å²) in [6.45, 7) is 0. The highest BCUT2D eigenvalue weighted by atomic mass is 79.9. The molecule has 1 atom stereocenters. The van der Waals surface area contributed by atoms with Crippen molar-refractivity contribution in [3.8, 4) is 0 Å². The molecule has 1 unspecified atom stereocenters. The SMILES string of the molecule is COC(=O)CC(NC(=O)CCc1cccc(Br)c1)c1cccs1. The Kier molecular flexibility index (Phi) is 6.80.